The molecule has 0 saturated carbocycles. The van der Waals surface area contributed by atoms with E-state index in [2.05, 4.69) is 10.1 Å². The number of rotatable bonds is 3. The van der Waals surface area contributed by atoms with Gasteiger partial charge in [0.1, 0.15) is 6.54 Å². The Morgan fingerprint density at radius 2 is 1.66 bits per heavy atom. The monoisotopic (exact) mass is 391 g/mol. The molecule has 1 aliphatic heterocycles. The Morgan fingerprint density at radius 1 is 0.931 bits per heavy atom. The zero-order chi connectivity index (χ0) is 20.2. The summed E-state index contributed by atoms with van der Waals surface area (Å²) in [5.41, 5.74) is 1.07. The molecule has 1 aromatic carbocycles. The van der Waals surface area contributed by atoms with E-state index in [1.165, 1.54) is 6.20 Å². The topological polar surface area (TPSA) is 88.4 Å². The second-order valence-electron chi connectivity index (χ2n) is 6.95. The number of amides is 2. The SMILES string of the molecule is O=C(Cn1ncc(=O)c2ccccc21)N1CCCN(C(=O)c2ccncc2)CC1. The van der Waals surface area contributed by atoms with Crippen molar-refractivity contribution >= 4 is 22.7 Å². The summed E-state index contributed by atoms with van der Waals surface area (Å²) in [5.74, 6) is -0.126. The number of nitrogens with zero attached hydrogens (tertiary/aromatic N) is 5. The summed E-state index contributed by atoms with van der Waals surface area (Å²) in [6.07, 6.45) is 5.15. The maximum absolute atomic E-state index is 12.9. The summed E-state index contributed by atoms with van der Waals surface area (Å²) >= 11 is 0. The van der Waals surface area contributed by atoms with Gasteiger partial charge < -0.3 is 9.80 Å². The minimum atomic E-state index is -0.163. The first-order valence-electron chi connectivity index (χ1n) is 9.55. The van der Waals surface area contributed by atoms with Crippen molar-refractivity contribution in [2.24, 2.45) is 0 Å². The molecule has 1 fully saturated rings. The fourth-order valence-corrected chi connectivity index (χ4v) is 3.56. The highest BCUT2D eigenvalue weighted by atomic mass is 16.2. The molecule has 0 spiro atoms. The van der Waals surface area contributed by atoms with Crippen LogP contribution < -0.4 is 5.43 Å². The lowest BCUT2D eigenvalue weighted by Gasteiger charge is -2.22. The number of aromatic nitrogens is 3. The Labute approximate surface area is 167 Å². The molecule has 8 heteroatoms. The molecule has 148 valence electrons. The third kappa shape index (κ3) is 4.01. The fourth-order valence-electron chi connectivity index (χ4n) is 3.56. The average Bonchev–Trinajstić information content (AvgIpc) is 3.02. The number of pyridine rings is 1. The maximum atomic E-state index is 12.9. The van der Waals surface area contributed by atoms with Crippen LogP contribution in [0.25, 0.3) is 10.9 Å². The van der Waals surface area contributed by atoms with Crippen LogP contribution in [0, 0.1) is 0 Å². The lowest BCUT2D eigenvalue weighted by molar-refractivity contribution is -0.131. The highest BCUT2D eigenvalue weighted by Crippen LogP contribution is 2.11. The van der Waals surface area contributed by atoms with Crippen molar-refractivity contribution in [1.82, 2.24) is 24.6 Å². The summed E-state index contributed by atoms with van der Waals surface area (Å²) in [6, 6.07) is 10.5. The van der Waals surface area contributed by atoms with Crippen LogP contribution in [0.2, 0.25) is 0 Å². The molecule has 3 heterocycles. The smallest absolute Gasteiger partial charge is 0.254 e. The van der Waals surface area contributed by atoms with Crippen molar-refractivity contribution < 1.29 is 9.59 Å². The third-order valence-corrected chi connectivity index (χ3v) is 5.11. The average molecular weight is 391 g/mol. The van der Waals surface area contributed by atoms with Crippen LogP contribution in [0.5, 0.6) is 0 Å². The van der Waals surface area contributed by atoms with Gasteiger partial charge in [0.25, 0.3) is 5.91 Å². The highest BCUT2D eigenvalue weighted by molar-refractivity contribution is 5.94. The van der Waals surface area contributed by atoms with Gasteiger partial charge in [0, 0.05) is 49.5 Å². The molecule has 29 heavy (non-hydrogen) atoms. The van der Waals surface area contributed by atoms with E-state index in [0.29, 0.717) is 49.1 Å². The predicted molar refractivity (Wildman–Crippen MR) is 107 cm³/mol. The van der Waals surface area contributed by atoms with Crippen molar-refractivity contribution in [1.29, 1.82) is 0 Å². The quantitative estimate of drug-likeness (QED) is 0.669. The van der Waals surface area contributed by atoms with Crippen molar-refractivity contribution in [3.05, 3.63) is 70.8 Å². The first-order valence-corrected chi connectivity index (χ1v) is 9.55. The van der Waals surface area contributed by atoms with Crippen LogP contribution in [0.4, 0.5) is 0 Å². The van der Waals surface area contributed by atoms with E-state index < -0.39 is 0 Å². The number of para-hydroxylation sites is 1. The number of hydrogen-bond acceptors (Lipinski definition) is 5. The van der Waals surface area contributed by atoms with Crippen molar-refractivity contribution in [3.8, 4) is 0 Å². The highest BCUT2D eigenvalue weighted by Gasteiger charge is 2.23. The number of fused-ring (bicyclic) bond motifs is 1. The van der Waals surface area contributed by atoms with Gasteiger partial charge in [-0.25, -0.2) is 0 Å². The van der Waals surface area contributed by atoms with Gasteiger partial charge in [0.05, 0.1) is 11.7 Å². The van der Waals surface area contributed by atoms with Gasteiger partial charge in [-0.05, 0) is 30.7 Å². The van der Waals surface area contributed by atoms with Gasteiger partial charge in [-0.1, -0.05) is 12.1 Å². The van der Waals surface area contributed by atoms with Crippen LogP contribution >= 0.6 is 0 Å². The summed E-state index contributed by atoms with van der Waals surface area (Å²) in [6.45, 7) is 2.18. The molecule has 0 aliphatic carbocycles. The Morgan fingerprint density at radius 3 is 2.48 bits per heavy atom. The number of hydrogen-bond donors (Lipinski definition) is 0. The second kappa shape index (κ2) is 8.22. The molecule has 0 N–H and O–H groups in total. The molecule has 1 saturated heterocycles. The fraction of sp³-hybridized carbons (Fsp3) is 0.286. The number of carbonyl (C=O) groups excluding carboxylic acids is 2. The maximum Gasteiger partial charge on any atom is 0.254 e. The first kappa shape index (κ1) is 18.8. The van der Waals surface area contributed by atoms with Crippen LogP contribution in [-0.4, -0.2) is 62.6 Å². The summed E-state index contributed by atoms with van der Waals surface area (Å²) < 4.78 is 1.56. The Hall–Kier alpha value is -3.55. The number of carbonyl (C=O) groups is 2. The van der Waals surface area contributed by atoms with Crippen molar-refractivity contribution in [2.75, 3.05) is 26.2 Å². The Balaban J connectivity index is 1.45. The summed E-state index contributed by atoms with van der Waals surface area (Å²) in [7, 11) is 0. The normalized spacial score (nSPS) is 14.6. The van der Waals surface area contributed by atoms with Crippen LogP contribution in [-0.2, 0) is 11.3 Å². The van der Waals surface area contributed by atoms with E-state index >= 15 is 0 Å². The van der Waals surface area contributed by atoms with E-state index in [9.17, 15) is 14.4 Å². The standard InChI is InChI=1S/C21H21N5O3/c27-19-14-23-26(18-5-2-1-4-17(18)19)15-20(28)24-10-3-11-25(13-12-24)21(29)16-6-8-22-9-7-16/h1-2,4-9,14H,3,10-13,15H2. The first-order chi connectivity index (χ1) is 14.1. The van der Waals surface area contributed by atoms with E-state index in [1.54, 1.807) is 57.2 Å². The molecule has 2 aromatic heterocycles. The molecule has 8 nitrogen and oxygen atoms in total. The molecule has 3 aromatic rings. The zero-order valence-corrected chi connectivity index (χ0v) is 15.9. The minimum Gasteiger partial charge on any atom is -0.339 e. The molecular formula is C21H21N5O3. The largest absolute Gasteiger partial charge is 0.339 e. The van der Waals surface area contributed by atoms with Gasteiger partial charge in [-0.15, -0.1) is 0 Å². The van der Waals surface area contributed by atoms with E-state index in [1.807, 2.05) is 6.07 Å². The molecule has 1 aliphatic rings. The van der Waals surface area contributed by atoms with Gasteiger partial charge in [-0.3, -0.25) is 24.0 Å². The summed E-state index contributed by atoms with van der Waals surface area (Å²) in [5, 5.41) is 4.68. The lowest BCUT2D eigenvalue weighted by atomic mass is 10.2. The van der Waals surface area contributed by atoms with E-state index in [-0.39, 0.29) is 23.8 Å². The number of benzene rings is 1. The van der Waals surface area contributed by atoms with Crippen LogP contribution in [0.1, 0.15) is 16.8 Å². The van der Waals surface area contributed by atoms with E-state index in [0.717, 1.165) is 0 Å². The van der Waals surface area contributed by atoms with Gasteiger partial charge >= 0.3 is 0 Å². The molecule has 4 rings (SSSR count). The molecule has 0 atom stereocenters. The van der Waals surface area contributed by atoms with Crippen LogP contribution in [0.3, 0.4) is 0 Å². The molecule has 0 bridgehead atoms. The molecule has 2 amide bonds. The predicted octanol–water partition coefficient (Wildman–Crippen LogP) is 1.17. The molecule has 0 unspecified atom stereocenters. The van der Waals surface area contributed by atoms with Crippen molar-refractivity contribution in [2.45, 2.75) is 13.0 Å². The van der Waals surface area contributed by atoms with Crippen molar-refractivity contribution in [3.63, 3.8) is 0 Å². The third-order valence-electron chi connectivity index (χ3n) is 5.11. The van der Waals surface area contributed by atoms with Gasteiger partial charge in [0.2, 0.25) is 11.3 Å². The van der Waals surface area contributed by atoms with E-state index in [4.69, 9.17) is 0 Å². The Kier molecular flexibility index (Phi) is 5.33. The molecular weight excluding hydrogens is 370 g/mol. The second-order valence-corrected chi connectivity index (χ2v) is 6.95. The molecule has 0 radical (unpaired) electrons. The Bertz CT molecular complexity index is 1100. The lowest BCUT2D eigenvalue weighted by Crippen LogP contribution is -2.39. The zero-order valence-electron chi connectivity index (χ0n) is 15.9. The van der Waals surface area contributed by atoms with Gasteiger partial charge in [-0.2, -0.15) is 5.10 Å². The van der Waals surface area contributed by atoms with Crippen LogP contribution in [0.15, 0.2) is 59.8 Å². The van der Waals surface area contributed by atoms with Gasteiger partial charge in [0.15, 0.2) is 0 Å². The minimum absolute atomic E-state index is 0.0465. The summed E-state index contributed by atoms with van der Waals surface area (Å²) in [4.78, 5) is 45.0.